The highest BCUT2D eigenvalue weighted by Crippen LogP contribution is 2.33. The second kappa shape index (κ2) is 11.6. The summed E-state index contributed by atoms with van der Waals surface area (Å²) in [5, 5.41) is 0. The summed E-state index contributed by atoms with van der Waals surface area (Å²) in [6, 6.07) is 7.93. The van der Waals surface area contributed by atoms with E-state index in [1.165, 1.54) is 43.4 Å². The van der Waals surface area contributed by atoms with Crippen LogP contribution in [0.25, 0.3) is 5.57 Å². The van der Waals surface area contributed by atoms with Crippen LogP contribution in [-0.4, -0.2) is 53.5 Å². The van der Waals surface area contributed by atoms with Crippen molar-refractivity contribution in [2.24, 2.45) is 0 Å². The van der Waals surface area contributed by atoms with Crippen LogP contribution in [0.3, 0.4) is 0 Å². The number of carbonyl (C=O) groups excluding carboxylic acids is 2. The molecular formula is C27H40N2O3. The molecule has 1 aromatic rings. The summed E-state index contributed by atoms with van der Waals surface area (Å²) in [6.45, 7) is 10.1. The van der Waals surface area contributed by atoms with Crippen LogP contribution in [-0.2, 0) is 14.3 Å². The molecule has 2 heterocycles. The molecule has 1 aromatic carbocycles. The molecule has 0 spiro atoms. The molecule has 0 bridgehead atoms. The normalized spacial score (nSPS) is 21.8. The summed E-state index contributed by atoms with van der Waals surface area (Å²) >= 11 is 0. The van der Waals surface area contributed by atoms with E-state index in [1.807, 2.05) is 45.0 Å². The summed E-state index contributed by atoms with van der Waals surface area (Å²) in [5.41, 5.74) is 3.07. The van der Waals surface area contributed by atoms with Gasteiger partial charge in [0.15, 0.2) is 0 Å². The Balaban J connectivity index is 1.71. The number of nitrogens with zero attached hydrogens (tertiary/aromatic N) is 2. The first-order valence-corrected chi connectivity index (χ1v) is 12.5. The third-order valence-electron chi connectivity index (χ3n) is 6.45. The van der Waals surface area contributed by atoms with Crippen molar-refractivity contribution < 1.29 is 14.3 Å². The van der Waals surface area contributed by atoms with Crippen molar-refractivity contribution in [1.82, 2.24) is 9.80 Å². The zero-order chi connectivity index (χ0) is 23.1. The van der Waals surface area contributed by atoms with E-state index in [0.29, 0.717) is 30.9 Å². The van der Waals surface area contributed by atoms with Gasteiger partial charge in [-0.3, -0.25) is 14.5 Å². The van der Waals surface area contributed by atoms with E-state index in [4.69, 9.17) is 4.74 Å². The molecule has 2 aliphatic rings. The Hall–Kier alpha value is -2.14. The lowest BCUT2D eigenvalue weighted by Gasteiger charge is -2.37. The topological polar surface area (TPSA) is 49.9 Å². The number of amides is 2. The lowest BCUT2D eigenvalue weighted by Crippen LogP contribution is -2.47. The molecule has 2 unspecified atom stereocenters. The average molecular weight is 441 g/mol. The summed E-state index contributed by atoms with van der Waals surface area (Å²) in [4.78, 5) is 30.5. The van der Waals surface area contributed by atoms with Crippen LogP contribution in [0.2, 0.25) is 0 Å². The van der Waals surface area contributed by atoms with Gasteiger partial charge in [-0.1, -0.05) is 81.7 Å². The lowest BCUT2D eigenvalue weighted by molar-refractivity contribution is -0.138. The first-order chi connectivity index (χ1) is 15.4. The number of hydrogen-bond acceptors (Lipinski definition) is 4. The van der Waals surface area contributed by atoms with E-state index in [1.54, 1.807) is 0 Å². The Labute approximate surface area is 193 Å². The fraction of sp³-hybridized carbons (Fsp3) is 0.630. The van der Waals surface area contributed by atoms with Crippen molar-refractivity contribution in [3.63, 3.8) is 0 Å². The predicted molar refractivity (Wildman–Crippen MR) is 129 cm³/mol. The second-order valence-electron chi connectivity index (χ2n) is 9.49. The summed E-state index contributed by atoms with van der Waals surface area (Å²) in [6.07, 6.45) is 9.55. The fourth-order valence-electron chi connectivity index (χ4n) is 4.80. The third-order valence-corrected chi connectivity index (χ3v) is 6.45. The minimum atomic E-state index is -0.149. The molecule has 2 aliphatic heterocycles. The van der Waals surface area contributed by atoms with Crippen LogP contribution in [0.4, 0.5) is 0 Å². The van der Waals surface area contributed by atoms with E-state index in [0.717, 1.165) is 24.0 Å². The van der Waals surface area contributed by atoms with Crippen molar-refractivity contribution in [3.8, 4) is 0 Å². The summed E-state index contributed by atoms with van der Waals surface area (Å²) in [7, 11) is 0. The van der Waals surface area contributed by atoms with E-state index >= 15 is 0 Å². The molecular weight excluding hydrogens is 400 g/mol. The van der Waals surface area contributed by atoms with Crippen molar-refractivity contribution in [1.29, 1.82) is 0 Å². The Morgan fingerprint density at radius 3 is 2.00 bits per heavy atom. The fourth-order valence-corrected chi connectivity index (χ4v) is 4.80. The third kappa shape index (κ3) is 6.00. The van der Waals surface area contributed by atoms with Crippen LogP contribution in [0.1, 0.15) is 83.3 Å². The van der Waals surface area contributed by atoms with E-state index in [2.05, 4.69) is 11.8 Å². The Kier molecular flexibility index (Phi) is 8.92. The average Bonchev–Trinajstić information content (AvgIpc) is 3.00. The number of ether oxygens (including phenoxy) is 1. The maximum atomic E-state index is 13.5. The first-order valence-electron chi connectivity index (χ1n) is 12.5. The maximum Gasteiger partial charge on any atom is 0.277 e. The monoisotopic (exact) mass is 440 g/mol. The number of unbranched alkanes of at least 4 members (excludes halogenated alkanes) is 7. The van der Waals surface area contributed by atoms with Crippen LogP contribution < -0.4 is 0 Å². The molecule has 5 heteroatoms. The molecule has 2 amide bonds. The Morgan fingerprint density at radius 1 is 0.844 bits per heavy atom. The van der Waals surface area contributed by atoms with Gasteiger partial charge in [-0.2, -0.15) is 0 Å². The lowest BCUT2D eigenvalue weighted by atomic mass is 10.0. The van der Waals surface area contributed by atoms with Gasteiger partial charge in [0, 0.05) is 19.6 Å². The van der Waals surface area contributed by atoms with Gasteiger partial charge in [-0.05, 0) is 32.8 Å². The smallest absolute Gasteiger partial charge is 0.277 e. The Morgan fingerprint density at radius 2 is 1.41 bits per heavy atom. The van der Waals surface area contributed by atoms with Crippen LogP contribution in [0.15, 0.2) is 30.0 Å². The maximum absolute atomic E-state index is 13.5. The van der Waals surface area contributed by atoms with E-state index < -0.39 is 0 Å². The highest BCUT2D eigenvalue weighted by atomic mass is 16.5. The van der Waals surface area contributed by atoms with Crippen molar-refractivity contribution in [2.75, 3.05) is 19.6 Å². The van der Waals surface area contributed by atoms with E-state index in [9.17, 15) is 9.59 Å². The van der Waals surface area contributed by atoms with Gasteiger partial charge in [-0.25, -0.2) is 0 Å². The molecule has 0 saturated carbocycles. The zero-order valence-electron chi connectivity index (χ0n) is 20.4. The number of morpholine rings is 1. The van der Waals surface area contributed by atoms with Gasteiger partial charge in [0.1, 0.15) is 5.70 Å². The number of imide groups is 1. The van der Waals surface area contributed by atoms with E-state index in [-0.39, 0.29) is 24.0 Å². The molecule has 1 fully saturated rings. The zero-order valence-corrected chi connectivity index (χ0v) is 20.4. The Bertz CT molecular complexity index is 805. The second-order valence-corrected chi connectivity index (χ2v) is 9.49. The van der Waals surface area contributed by atoms with Gasteiger partial charge < -0.3 is 9.64 Å². The van der Waals surface area contributed by atoms with Gasteiger partial charge in [0.2, 0.25) is 0 Å². The van der Waals surface area contributed by atoms with Gasteiger partial charge in [-0.15, -0.1) is 0 Å². The molecule has 0 N–H and O–H groups in total. The SMILES string of the molecule is CCCCCCCCCCN1C(=O)C(c2ccc(C)cc2)=C(N2CC(C)OC(C)C2)C1=O. The summed E-state index contributed by atoms with van der Waals surface area (Å²) < 4.78 is 5.87. The minimum absolute atomic E-state index is 0.0233. The van der Waals surface area contributed by atoms with Crippen LogP contribution >= 0.6 is 0 Å². The predicted octanol–water partition coefficient (Wildman–Crippen LogP) is 5.32. The molecule has 0 radical (unpaired) electrons. The highest BCUT2D eigenvalue weighted by Gasteiger charge is 2.42. The van der Waals surface area contributed by atoms with Crippen molar-refractivity contribution >= 4 is 17.4 Å². The number of rotatable bonds is 11. The van der Waals surface area contributed by atoms with Crippen LogP contribution in [0, 0.1) is 6.92 Å². The number of aryl methyl sites for hydroxylation is 1. The van der Waals surface area contributed by atoms with Crippen molar-refractivity contribution in [3.05, 3.63) is 41.1 Å². The quantitative estimate of drug-likeness (QED) is 0.345. The summed E-state index contributed by atoms with van der Waals surface area (Å²) in [5.74, 6) is -0.293. The standard InChI is InChI=1S/C27H40N2O3/c1-5-6-7-8-9-10-11-12-17-29-26(30)24(23-15-13-20(2)14-16-23)25(27(29)31)28-18-21(3)32-22(4)19-28/h13-16,21-22H,5-12,17-19H2,1-4H3. The highest BCUT2D eigenvalue weighted by molar-refractivity contribution is 6.35. The number of hydrogen-bond donors (Lipinski definition) is 0. The van der Waals surface area contributed by atoms with Crippen LogP contribution in [0.5, 0.6) is 0 Å². The molecule has 2 atom stereocenters. The molecule has 1 saturated heterocycles. The number of benzene rings is 1. The molecule has 0 aliphatic carbocycles. The minimum Gasteiger partial charge on any atom is -0.372 e. The van der Waals surface area contributed by atoms with Gasteiger partial charge in [0.05, 0.1) is 17.8 Å². The molecule has 5 nitrogen and oxygen atoms in total. The first kappa shape index (κ1) is 24.5. The largest absolute Gasteiger partial charge is 0.372 e. The molecule has 176 valence electrons. The van der Waals surface area contributed by atoms with Crippen molar-refractivity contribution in [2.45, 2.75) is 91.3 Å². The van der Waals surface area contributed by atoms with Gasteiger partial charge in [0.25, 0.3) is 11.8 Å². The molecule has 3 rings (SSSR count). The number of carbonyl (C=O) groups is 2. The van der Waals surface area contributed by atoms with Gasteiger partial charge >= 0.3 is 0 Å². The molecule has 32 heavy (non-hydrogen) atoms. The molecule has 0 aromatic heterocycles.